The Kier molecular flexibility index (Phi) is 6.11. The summed E-state index contributed by atoms with van der Waals surface area (Å²) < 4.78 is 18.7. The number of hydrogen-bond acceptors (Lipinski definition) is 4. The van der Waals surface area contributed by atoms with Crippen molar-refractivity contribution in [3.63, 3.8) is 0 Å². The van der Waals surface area contributed by atoms with E-state index >= 15 is 0 Å². The summed E-state index contributed by atoms with van der Waals surface area (Å²) in [7, 11) is 1.52. The van der Waals surface area contributed by atoms with Gasteiger partial charge in [0.25, 0.3) is 11.8 Å². The van der Waals surface area contributed by atoms with Crippen molar-refractivity contribution in [3.05, 3.63) is 99.7 Å². The molecule has 4 nitrogen and oxygen atoms in total. The molecular formula is C24H17ClFNO3S. The highest BCUT2D eigenvalue weighted by Gasteiger charge is 2.40. The maximum absolute atomic E-state index is 13.4. The number of carbonyl (C=O) groups excluding carboxylic acids is 2. The lowest BCUT2D eigenvalue weighted by molar-refractivity contribution is -0.137. The predicted octanol–water partition coefficient (Wildman–Crippen LogP) is 5.56. The fourth-order valence-electron chi connectivity index (χ4n) is 3.27. The van der Waals surface area contributed by atoms with Crippen LogP contribution in [-0.4, -0.2) is 23.8 Å². The molecule has 0 spiro atoms. The summed E-state index contributed by atoms with van der Waals surface area (Å²) in [6.07, 6.45) is 0. The van der Waals surface area contributed by atoms with E-state index in [0.29, 0.717) is 26.8 Å². The molecule has 2 amide bonds. The molecule has 1 heterocycles. The summed E-state index contributed by atoms with van der Waals surface area (Å²) in [5.41, 5.74) is 1.48. The van der Waals surface area contributed by atoms with E-state index in [1.54, 1.807) is 60.7 Å². The van der Waals surface area contributed by atoms with Gasteiger partial charge in [-0.3, -0.25) is 14.5 Å². The summed E-state index contributed by atoms with van der Waals surface area (Å²) in [4.78, 5) is 29.0. The molecule has 0 saturated heterocycles. The summed E-state index contributed by atoms with van der Waals surface area (Å²) >= 11 is 7.18. The van der Waals surface area contributed by atoms with Gasteiger partial charge < -0.3 is 4.74 Å². The van der Waals surface area contributed by atoms with Crippen molar-refractivity contribution in [3.8, 4) is 5.75 Å². The van der Waals surface area contributed by atoms with Crippen molar-refractivity contribution >= 4 is 40.8 Å². The van der Waals surface area contributed by atoms with Crippen LogP contribution in [0, 0.1) is 5.82 Å². The number of hydrogen-bond donors (Lipinski definition) is 0. The van der Waals surface area contributed by atoms with Crippen LogP contribution >= 0.6 is 23.4 Å². The van der Waals surface area contributed by atoms with Crippen molar-refractivity contribution in [2.75, 3.05) is 7.11 Å². The lowest BCUT2D eigenvalue weighted by Gasteiger charge is -2.15. The maximum Gasteiger partial charge on any atom is 0.268 e. The minimum absolute atomic E-state index is 0.0429. The molecule has 31 heavy (non-hydrogen) atoms. The molecule has 0 saturated carbocycles. The van der Waals surface area contributed by atoms with Gasteiger partial charge in [-0.05, 0) is 48.0 Å². The van der Waals surface area contributed by atoms with Gasteiger partial charge in [0.05, 0.1) is 24.1 Å². The van der Waals surface area contributed by atoms with Crippen molar-refractivity contribution in [1.82, 2.24) is 4.90 Å². The molecular weight excluding hydrogens is 437 g/mol. The minimum Gasteiger partial charge on any atom is -0.496 e. The van der Waals surface area contributed by atoms with Gasteiger partial charge in [-0.1, -0.05) is 53.7 Å². The van der Waals surface area contributed by atoms with Crippen LogP contribution in [-0.2, 0) is 16.1 Å². The Hall–Kier alpha value is -3.09. The Bertz CT molecular complexity index is 1180. The van der Waals surface area contributed by atoms with Gasteiger partial charge in [0, 0.05) is 15.5 Å². The van der Waals surface area contributed by atoms with Crippen molar-refractivity contribution in [2.24, 2.45) is 0 Å². The van der Waals surface area contributed by atoms with Gasteiger partial charge >= 0.3 is 0 Å². The molecule has 3 aromatic rings. The second kappa shape index (κ2) is 8.96. The largest absolute Gasteiger partial charge is 0.496 e. The van der Waals surface area contributed by atoms with Crippen LogP contribution in [0.2, 0.25) is 5.02 Å². The number of imide groups is 1. The van der Waals surface area contributed by atoms with E-state index in [1.807, 2.05) is 0 Å². The monoisotopic (exact) mass is 453 g/mol. The standard InChI is InChI=1S/C24H17ClFNO3S/c1-30-20-5-3-2-4-19(20)21-22(31-18-12-8-16(25)9-13-18)24(29)27(23(21)28)14-15-6-10-17(26)11-7-15/h2-13H,14H2,1H3. The van der Waals surface area contributed by atoms with Crippen LogP contribution < -0.4 is 4.74 Å². The van der Waals surface area contributed by atoms with Crippen molar-refractivity contribution in [2.45, 2.75) is 11.4 Å². The van der Waals surface area contributed by atoms with E-state index in [4.69, 9.17) is 16.3 Å². The predicted molar refractivity (Wildman–Crippen MR) is 119 cm³/mol. The Labute approximate surface area is 188 Å². The highest BCUT2D eigenvalue weighted by atomic mass is 35.5. The molecule has 3 aromatic carbocycles. The van der Waals surface area contributed by atoms with E-state index in [0.717, 1.165) is 4.90 Å². The first-order chi connectivity index (χ1) is 15.0. The molecule has 0 fully saturated rings. The molecule has 0 N–H and O–H groups in total. The quantitative estimate of drug-likeness (QED) is 0.458. The third kappa shape index (κ3) is 4.36. The zero-order chi connectivity index (χ0) is 22.0. The topological polar surface area (TPSA) is 46.6 Å². The number of rotatable bonds is 6. The van der Waals surface area contributed by atoms with Gasteiger partial charge in [-0.2, -0.15) is 0 Å². The molecule has 7 heteroatoms. The average Bonchev–Trinajstić information content (AvgIpc) is 3.00. The van der Waals surface area contributed by atoms with Gasteiger partial charge in [0.2, 0.25) is 0 Å². The number of benzene rings is 3. The van der Waals surface area contributed by atoms with E-state index in [2.05, 4.69) is 0 Å². The number of methoxy groups -OCH3 is 1. The normalized spacial score (nSPS) is 13.8. The second-order valence-corrected chi connectivity index (χ2v) is 8.30. The first kappa shape index (κ1) is 21.2. The lowest BCUT2D eigenvalue weighted by Crippen LogP contribution is -2.30. The SMILES string of the molecule is COc1ccccc1C1=C(Sc2ccc(Cl)cc2)C(=O)N(Cc2ccc(F)cc2)C1=O. The summed E-state index contributed by atoms with van der Waals surface area (Å²) in [5, 5.41) is 0.579. The summed E-state index contributed by atoms with van der Waals surface area (Å²) in [6, 6.07) is 19.8. The van der Waals surface area contributed by atoms with Gasteiger partial charge in [0.1, 0.15) is 11.6 Å². The van der Waals surface area contributed by atoms with Crippen LogP contribution in [0.25, 0.3) is 5.57 Å². The Morgan fingerprint density at radius 1 is 0.935 bits per heavy atom. The summed E-state index contributed by atoms with van der Waals surface area (Å²) in [5.74, 6) is -0.711. The average molecular weight is 454 g/mol. The van der Waals surface area contributed by atoms with E-state index in [-0.39, 0.29) is 17.9 Å². The Morgan fingerprint density at radius 3 is 2.29 bits per heavy atom. The first-order valence-corrected chi connectivity index (χ1v) is 10.6. The number of para-hydroxylation sites is 1. The Balaban J connectivity index is 1.76. The molecule has 1 aliphatic heterocycles. The highest BCUT2D eigenvalue weighted by molar-refractivity contribution is 8.04. The molecule has 0 unspecified atom stereocenters. The van der Waals surface area contributed by atoms with Crippen LogP contribution in [0.4, 0.5) is 4.39 Å². The smallest absolute Gasteiger partial charge is 0.268 e. The van der Waals surface area contributed by atoms with Crippen molar-refractivity contribution in [1.29, 1.82) is 0 Å². The first-order valence-electron chi connectivity index (χ1n) is 9.39. The molecule has 0 aromatic heterocycles. The van der Waals surface area contributed by atoms with Gasteiger partial charge in [-0.25, -0.2) is 4.39 Å². The fourth-order valence-corrected chi connectivity index (χ4v) is 4.40. The fraction of sp³-hybridized carbons (Fsp3) is 0.0833. The number of halogens is 2. The van der Waals surface area contributed by atoms with Crippen LogP contribution in [0.3, 0.4) is 0 Å². The molecule has 1 aliphatic rings. The van der Waals surface area contributed by atoms with E-state index < -0.39 is 11.8 Å². The molecule has 0 radical (unpaired) electrons. The van der Waals surface area contributed by atoms with Gasteiger partial charge in [-0.15, -0.1) is 0 Å². The van der Waals surface area contributed by atoms with Crippen LogP contribution in [0.5, 0.6) is 5.75 Å². The number of amides is 2. The lowest BCUT2D eigenvalue weighted by atomic mass is 10.0. The van der Waals surface area contributed by atoms with Crippen LogP contribution in [0.1, 0.15) is 11.1 Å². The number of ether oxygens (including phenoxy) is 1. The summed E-state index contributed by atoms with van der Waals surface area (Å²) in [6.45, 7) is 0.0429. The second-order valence-electron chi connectivity index (χ2n) is 6.78. The zero-order valence-electron chi connectivity index (χ0n) is 16.5. The van der Waals surface area contributed by atoms with E-state index in [1.165, 1.54) is 35.9 Å². The number of thioether (sulfide) groups is 1. The molecule has 0 bridgehead atoms. The van der Waals surface area contributed by atoms with Crippen LogP contribution in [0.15, 0.2) is 82.6 Å². The zero-order valence-corrected chi connectivity index (χ0v) is 18.0. The third-order valence-electron chi connectivity index (χ3n) is 4.79. The number of nitrogens with zero attached hydrogens (tertiary/aromatic N) is 1. The maximum atomic E-state index is 13.4. The molecule has 156 valence electrons. The molecule has 0 aliphatic carbocycles. The van der Waals surface area contributed by atoms with E-state index in [9.17, 15) is 14.0 Å². The van der Waals surface area contributed by atoms with Crippen molar-refractivity contribution < 1.29 is 18.7 Å². The van der Waals surface area contributed by atoms with Gasteiger partial charge in [0.15, 0.2) is 0 Å². The number of carbonyl (C=O) groups is 2. The highest BCUT2D eigenvalue weighted by Crippen LogP contribution is 2.42. The minimum atomic E-state index is -0.421. The molecule has 0 atom stereocenters. The molecule has 4 rings (SSSR count). The third-order valence-corrected chi connectivity index (χ3v) is 6.13. The Morgan fingerprint density at radius 2 is 1.61 bits per heavy atom.